The number of amides is 2. The Labute approximate surface area is 140 Å². The number of anilines is 1. The number of hydrogen-bond donors (Lipinski definition) is 1. The second kappa shape index (κ2) is 8.39. The van der Waals surface area contributed by atoms with Crippen molar-refractivity contribution in [2.24, 2.45) is 0 Å². The molecule has 0 radical (unpaired) electrons. The molecule has 2 amide bonds. The van der Waals surface area contributed by atoms with Crippen LogP contribution in [0.2, 0.25) is 0 Å². The minimum atomic E-state index is -0.0827. The van der Waals surface area contributed by atoms with E-state index in [1.165, 1.54) is 4.90 Å². The van der Waals surface area contributed by atoms with Crippen LogP contribution in [0.4, 0.5) is 5.69 Å². The summed E-state index contributed by atoms with van der Waals surface area (Å²) in [4.78, 5) is 26.6. The zero-order chi connectivity index (χ0) is 16.7. The van der Waals surface area contributed by atoms with Crippen LogP contribution < -0.4 is 5.32 Å². The summed E-state index contributed by atoms with van der Waals surface area (Å²) in [5, 5.41) is 2.84. The van der Waals surface area contributed by atoms with E-state index in [0.717, 1.165) is 4.90 Å². The van der Waals surface area contributed by atoms with Gasteiger partial charge in [0.05, 0.1) is 0 Å². The van der Waals surface area contributed by atoms with Crippen molar-refractivity contribution < 1.29 is 9.59 Å². The fourth-order valence-electron chi connectivity index (χ4n) is 1.99. The van der Waals surface area contributed by atoms with E-state index in [9.17, 15) is 9.59 Å². The lowest BCUT2D eigenvalue weighted by molar-refractivity contribution is -0.115. The highest BCUT2D eigenvalue weighted by atomic mass is 32.2. The maximum Gasteiger partial charge on any atom is 0.253 e. The quantitative estimate of drug-likeness (QED) is 0.826. The van der Waals surface area contributed by atoms with Gasteiger partial charge in [0.25, 0.3) is 5.91 Å². The molecule has 0 bridgehead atoms. The molecule has 0 spiro atoms. The minimum Gasteiger partial charge on any atom is -0.345 e. The highest BCUT2D eigenvalue weighted by Gasteiger charge is 2.09. The van der Waals surface area contributed by atoms with Gasteiger partial charge in [0, 0.05) is 42.4 Å². The Balaban J connectivity index is 1.85. The molecule has 2 aromatic rings. The van der Waals surface area contributed by atoms with Crippen LogP contribution in [0.1, 0.15) is 16.8 Å². The molecule has 23 heavy (non-hydrogen) atoms. The fraction of sp³-hybridized carbons (Fsp3) is 0.222. The topological polar surface area (TPSA) is 49.4 Å². The van der Waals surface area contributed by atoms with Gasteiger partial charge in [0.1, 0.15) is 0 Å². The number of rotatable bonds is 6. The van der Waals surface area contributed by atoms with Crippen LogP contribution in [0.5, 0.6) is 0 Å². The summed E-state index contributed by atoms with van der Waals surface area (Å²) in [6.07, 6.45) is 0.422. The molecule has 4 nitrogen and oxygen atoms in total. The zero-order valence-corrected chi connectivity index (χ0v) is 14.1. The SMILES string of the molecule is CN(C)C(=O)c1cccc(NC(=O)CCSc2ccccc2)c1. The van der Waals surface area contributed by atoms with Crippen LogP contribution in [0.25, 0.3) is 0 Å². The first-order valence-corrected chi connectivity index (χ1v) is 8.34. The van der Waals surface area contributed by atoms with Gasteiger partial charge in [0.2, 0.25) is 5.91 Å². The van der Waals surface area contributed by atoms with Crippen molar-refractivity contribution in [1.29, 1.82) is 0 Å². The van der Waals surface area contributed by atoms with Gasteiger partial charge in [-0.05, 0) is 30.3 Å². The molecule has 1 N–H and O–H groups in total. The standard InChI is InChI=1S/C18H20N2O2S/c1-20(2)18(22)14-7-6-8-15(13-14)19-17(21)11-12-23-16-9-4-3-5-10-16/h3-10,13H,11-12H2,1-2H3,(H,19,21). The Morgan fingerprint density at radius 2 is 1.78 bits per heavy atom. The van der Waals surface area contributed by atoms with Crippen LogP contribution in [0.15, 0.2) is 59.5 Å². The normalized spacial score (nSPS) is 10.2. The van der Waals surface area contributed by atoms with Crippen molar-refractivity contribution >= 4 is 29.3 Å². The Kier molecular flexibility index (Phi) is 6.23. The lowest BCUT2D eigenvalue weighted by Crippen LogP contribution is -2.22. The highest BCUT2D eigenvalue weighted by Crippen LogP contribution is 2.18. The number of benzene rings is 2. The Hall–Kier alpha value is -2.27. The molecule has 0 saturated carbocycles. The Morgan fingerprint density at radius 3 is 2.48 bits per heavy atom. The van der Waals surface area contributed by atoms with Crippen molar-refractivity contribution in [3.8, 4) is 0 Å². The second-order valence-corrected chi connectivity index (χ2v) is 6.41. The predicted molar refractivity (Wildman–Crippen MR) is 94.9 cm³/mol. The maximum absolute atomic E-state index is 12.0. The summed E-state index contributed by atoms with van der Waals surface area (Å²) in [5.41, 5.74) is 1.21. The van der Waals surface area contributed by atoms with E-state index in [0.29, 0.717) is 23.4 Å². The van der Waals surface area contributed by atoms with E-state index in [-0.39, 0.29) is 11.8 Å². The smallest absolute Gasteiger partial charge is 0.253 e. The van der Waals surface area contributed by atoms with Crippen LogP contribution in [-0.4, -0.2) is 36.6 Å². The van der Waals surface area contributed by atoms with Gasteiger partial charge in [-0.2, -0.15) is 0 Å². The third kappa shape index (κ3) is 5.45. The molecule has 0 aliphatic carbocycles. The van der Waals surface area contributed by atoms with E-state index >= 15 is 0 Å². The number of hydrogen-bond acceptors (Lipinski definition) is 3. The largest absolute Gasteiger partial charge is 0.345 e. The van der Waals surface area contributed by atoms with E-state index in [2.05, 4.69) is 5.32 Å². The summed E-state index contributed by atoms with van der Waals surface area (Å²) >= 11 is 1.65. The molecule has 0 unspecified atom stereocenters. The second-order valence-electron chi connectivity index (χ2n) is 5.24. The van der Waals surface area contributed by atoms with Gasteiger partial charge < -0.3 is 10.2 Å². The van der Waals surface area contributed by atoms with Gasteiger partial charge in [-0.15, -0.1) is 11.8 Å². The summed E-state index contributed by atoms with van der Waals surface area (Å²) in [7, 11) is 3.41. The third-order valence-electron chi connectivity index (χ3n) is 3.14. The van der Waals surface area contributed by atoms with Crippen molar-refractivity contribution in [1.82, 2.24) is 4.90 Å². The number of nitrogens with one attached hydrogen (secondary N) is 1. The number of carbonyl (C=O) groups excluding carboxylic acids is 2. The summed E-state index contributed by atoms with van der Waals surface area (Å²) in [6, 6.07) is 17.0. The van der Waals surface area contributed by atoms with Crippen LogP contribution in [0, 0.1) is 0 Å². The zero-order valence-electron chi connectivity index (χ0n) is 13.3. The van der Waals surface area contributed by atoms with Crippen molar-refractivity contribution in [2.45, 2.75) is 11.3 Å². The molecule has 0 atom stereocenters. The van der Waals surface area contributed by atoms with Crippen LogP contribution in [0.3, 0.4) is 0 Å². The van der Waals surface area contributed by atoms with E-state index in [1.807, 2.05) is 30.3 Å². The molecule has 0 aromatic heterocycles. The summed E-state index contributed by atoms with van der Waals surface area (Å²) in [6.45, 7) is 0. The number of carbonyl (C=O) groups is 2. The van der Waals surface area contributed by atoms with E-state index in [4.69, 9.17) is 0 Å². The summed E-state index contributed by atoms with van der Waals surface area (Å²) < 4.78 is 0. The van der Waals surface area contributed by atoms with Crippen molar-refractivity contribution in [2.75, 3.05) is 25.2 Å². The average Bonchev–Trinajstić information content (AvgIpc) is 2.55. The van der Waals surface area contributed by atoms with E-state index < -0.39 is 0 Å². The molecule has 0 aliphatic heterocycles. The number of nitrogens with zero attached hydrogens (tertiary/aromatic N) is 1. The predicted octanol–water partition coefficient (Wildman–Crippen LogP) is 3.51. The minimum absolute atomic E-state index is 0.0529. The van der Waals surface area contributed by atoms with Gasteiger partial charge in [0.15, 0.2) is 0 Å². The molecular formula is C18H20N2O2S. The monoisotopic (exact) mass is 328 g/mol. The molecule has 0 aliphatic rings. The molecule has 2 rings (SSSR count). The first kappa shape index (κ1) is 17.1. The molecule has 120 valence electrons. The van der Waals surface area contributed by atoms with Crippen molar-refractivity contribution in [3.63, 3.8) is 0 Å². The maximum atomic E-state index is 12.0. The van der Waals surface area contributed by atoms with Gasteiger partial charge in [-0.1, -0.05) is 24.3 Å². The lowest BCUT2D eigenvalue weighted by atomic mass is 10.2. The van der Waals surface area contributed by atoms with Gasteiger partial charge >= 0.3 is 0 Å². The molecule has 0 heterocycles. The first-order chi connectivity index (χ1) is 11.1. The fourth-order valence-corrected chi connectivity index (χ4v) is 2.86. The molecule has 0 fully saturated rings. The Morgan fingerprint density at radius 1 is 1.04 bits per heavy atom. The number of thioether (sulfide) groups is 1. The third-order valence-corrected chi connectivity index (χ3v) is 4.15. The molecule has 5 heteroatoms. The highest BCUT2D eigenvalue weighted by molar-refractivity contribution is 7.99. The van der Waals surface area contributed by atoms with Crippen LogP contribution in [-0.2, 0) is 4.79 Å². The van der Waals surface area contributed by atoms with Gasteiger partial charge in [-0.3, -0.25) is 9.59 Å². The van der Waals surface area contributed by atoms with Crippen molar-refractivity contribution in [3.05, 3.63) is 60.2 Å². The Bertz CT molecular complexity index is 672. The molecule has 0 saturated heterocycles. The molecule has 2 aromatic carbocycles. The van der Waals surface area contributed by atoms with Gasteiger partial charge in [-0.25, -0.2) is 0 Å². The van der Waals surface area contributed by atoms with Crippen LogP contribution >= 0.6 is 11.8 Å². The molecular weight excluding hydrogens is 308 g/mol. The first-order valence-electron chi connectivity index (χ1n) is 7.35. The average molecular weight is 328 g/mol. The lowest BCUT2D eigenvalue weighted by Gasteiger charge is -2.11. The summed E-state index contributed by atoms with van der Waals surface area (Å²) in [5.74, 6) is 0.579. The van der Waals surface area contributed by atoms with E-state index in [1.54, 1.807) is 50.1 Å².